The highest BCUT2D eigenvalue weighted by molar-refractivity contribution is 5.53. The van der Waals surface area contributed by atoms with Crippen LogP contribution in [0, 0.1) is 10.1 Å². The first-order valence-corrected chi connectivity index (χ1v) is 4.20. The Morgan fingerprint density at radius 2 is 2.29 bits per heavy atom. The summed E-state index contributed by atoms with van der Waals surface area (Å²) in [4.78, 5) is 9.98. The van der Waals surface area contributed by atoms with Gasteiger partial charge in [0.25, 0.3) is 5.69 Å². The highest BCUT2D eigenvalue weighted by atomic mass is 16.6. The predicted molar refractivity (Wildman–Crippen MR) is 53.8 cm³/mol. The summed E-state index contributed by atoms with van der Waals surface area (Å²) in [6.45, 7) is 1.62. The number of nitrogens with zero attached hydrogens (tertiary/aromatic N) is 1. The molecule has 0 fully saturated rings. The zero-order valence-corrected chi connectivity index (χ0v) is 7.75. The van der Waals surface area contributed by atoms with Crippen LogP contribution in [0.4, 0.5) is 5.69 Å². The van der Waals surface area contributed by atoms with E-state index in [2.05, 4.69) is 0 Å². The summed E-state index contributed by atoms with van der Waals surface area (Å²) in [5.74, 6) is 0. The van der Waals surface area contributed by atoms with E-state index in [1.807, 2.05) is 0 Å². The normalized spacial score (nSPS) is 13.0. The van der Waals surface area contributed by atoms with Crippen LogP contribution < -0.4 is 0 Å². The molecule has 0 saturated heterocycles. The Bertz CT molecular complexity index is 358. The first-order chi connectivity index (χ1) is 6.59. The minimum absolute atomic E-state index is 0.0535. The van der Waals surface area contributed by atoms with Gasteiger partial charge in [-0.2, -0.15) is 0 Å². The summed E-state index contributed by atoms with van der Waals surface area (Å²) in [5.41, 5.74) is 0.762. The molecule has 74 valence electrons. The molecule has 0 saturated carbocycles. The van der Waals surface area contributed by atoms with E-state index in [-0.39, 0.29) is 5.69 Å². The molecule has 0 aliphatic heterocycles. The lowest BCUT2D eigenvalue weighted by atomic mass is 10.2. The number of hydrogen-bond donors (Lipinski definition) is 1. The van der Waals surface area contributed by atoms with Crippen LogP contribution in [0.1, 0.15) is 12.5 Å². The van der Waals surface area contributed by atoms with Crippen molar-refractivity contribution in [2.45, 2.75) is 13.0 Å². The average Bonchev–Trinajstić information content (AvgIpc) is 2.15. The number of aliphatic hydroxyl groups is 1. The second-order valence-corrected chi connectivity index (χ2v) is 2.95. The van der Waals surface area contributed by atoms with Gasteiger partial charge in [-0.05, 0) is 12.5 Å². The molecule has 0 heterocycles. The molecule has 0 aromatic heterocycles. The fourth-order valence-electron chi connectivity index (χ4n) is 0.992. The smallest absolute Gasteiger partial charge is 0.270 e. The van der Waals surface area contributed by atoms with Gasteiger partial charge in [-0.3, -0.25) is 10.1 Å². The number of nitro groups is 1. The zero-order chi connectivity index (χ0) is 10.6. The van der Waals surface area contributed by atoms with Crippen LogP contribution >= 0.6 is 0 Å². The Morgan fingerprint density at radius 1 is 1.57 bits per heavy atom. The molecule has 1 atom stereocenters. The van der Waals surface area contributed by atoms with Gasteiger partial charge in [-0.1, -0.05) is 24.3 Å². The number of hydrogen-bond acceptors (Lipinski definition) is 3. The third kappa shape index (κ3) is 2.99. The molecule has 14 heavy (non-hydrogen) atoms. The van der Waals surface area contributed by atoms with E-state index >= 15 is 0 Å². The Kier molecular flexibility index (Phi) is 3.36. The topological polar surface area (TPSA) is 63.4 Å². The van der Waals surface area contributed by atoms with Crippen LogP contribution in [0.5, 0.6) is 0 Å². The van der Waals surface area contributed by atoms with E-state index in [1.54, 1.807) is 31.2 Å². The number of aliphatic hydroxyl groups excluding tert-OH is 1. The molecule has 1 rings (SSSR count). The van der Waals surface area contributed by atoms with Crippen molar-refractivity contribution in [3.8, 4) is 0 Å². The molecule has 1 unspecified atom stereocenters. The van der Waals surface area contributed by atoms with Gasteiger partial charge in [0.1, 0.15) is 0 Å². The minimum Gasteiger partial charge on any atom is -0.389 e. The van der Waals surface area contributed by atoms with E-state index in [4.69, 9.17) is 5.11 Å². The maximum Gasteiger partial charge on any atom is 0.270 e. The largest absolute Gasteiger partial charge is 0.389 e. The molecule has 4 nitrogen and oxygen atoms in total. The lowest BCUT2D eigenvalue weighted by Gasteiger charge is -1.95. The second kappa shape index (κ2) is 4.53. The van der Waals surface area contributed by atoms with Gasteiger partial charge in [0, 0.05) is 12.1 Å². The van der Waals surface area contributed by atoms with Crippen LogP contribution in [0.2, 0.25) is 0 Å². The van der Waals surface area contributed by atoms with Gasteiger partial charge >= 0.3 is 0 Å². The van der Waals surface area contributed by atoms with Crippen LogP contribution in [0.3, 0.4) is 0 Å². The van der Waals surface area contributed by atoms with Crippen LogP contribution in [-0.4, -0.2) is 16.1 Å². The SMILES string of the molecule is CC(O)C=Cc1cccc([N+](=O)[O-])c1. The van der Waals surface area contributed by atoms with Crippen LogP contribution in [0.25, 0.3) is 6.08 Å². The lowest BCUT2D eigenvalue weighted by Crippen LogP contribution is -1.92. The fraction of sp³-hybridized carbons (Fsp3) is 0.200. The Balaban J connectivity index is 2.89. The monoisotopic (exact) mass is 193 g/mol. The third-order valence-corrected chi connectivity index (χ3v) is 1.65. The van der Waals surface area contributed by atoms with Gasteiger partial charge < -0.3 is 5.11 Å². The fourth-order valence-corrected chi connectivity index (χ4v) is 0.992. The zero-order valence-electron chi connectivity index (χ0n) is 7.75. The molecule has 0 bridgehead atoms. The first-order valence-electron chi connectivity index (χ1n) is 4.20. The molecular formula is C10H11NO3. The molecule has 0 spiro atoms. The molecule has 1 N–H and O–H groups in total. The van der Waals surface area contributed by atoms with Crippen molar-refractivity contribution < 1.29 is 10.0 Å². The van der Waals surface area contributed by atoms with Crippen molar-refractivity contribution in [3.05, 3.63) is 46.0 Å². The summed E-state index contributed by atoms with van der Waals surface area (Å²) < 4.78 is 0. The predicted octanol–water partition coefficient (Wildman–Crippen LogP) is 1.99. The van der Waals surface area contributed by atoms with E-state index in [1.165, 1.54) is 12.1 Å². The summed E-state index contributed by atoms with van der Waals surface area (Å²) >= 11 is 0. The molecule has 0 amide bonds. The number of nitro benzene ring substituents is 1. The third-order valence-electron chi connectivity index (χ3n) is 1.65. The van der Waals surface area contributed by atoms with E-state index in [0.717, 1.165) is 0 Å². The number of non-ortho nitro benzene ring substituents is 1. The maximum atomic E-state index is 10.4. The minimum atomic E-state index is -0.547. The highest BCUT2D eigenvalue weighted by Gasteiger charge is 2.03. The van der Waals surface area contributed by atoms with Gasteiger partial charge in [0.15, 0.2) is 0 Å². The van der Waals surface area contributed by atoms with Crippen LogP contribution in [-0.2, 0) is 0 Å². The molecular weight excluding hydrogens is 182 g/mol. The van der Waals surface area contributed by atoms with Gasteiger partial charge in [-0.15, -0.1) is 0 Å². The summed E-state index contributed by atoms with van der Waals surface area (Å²) in [7, 11) is 0. The van der Waals surface area contributed by atoms with E-state index < -0.39 is 11.0 Å². The molecule has 0 aliphatic rings. The quantitative estimate of drug-likeness (QED) is 0.589. The van der Waals surface area contributed by atoms with Crippen molar-refractivity contribution in [2.75, 3.05) is 0 Å². The van der Waals surface area contributed by atoms with Crippen LogP contribution in [0.15, 0.2) is 30.3 Å². The van der Waals surface area contributed by atoms with Crippen molar-refractivity contribution in [3.63, 3.8) is 0 Å². The maximum absolute atomic E-state index is 10.4. The van der Waals surface area contributed by atoms with Crippen molar-refractivity contribution in [1.82, 2.24) is 0 Å². The van der Waals surface area contributed by atoms with Crippen molar-refractivity contribution in [1.29, 1.82) is 0 Å². The molecule has 1 aromatic rings. The molecule has 0 aliphatic carbocycles. The molecule has 4 heteroatoms. The Hall–Kier alpha value is -1.68. The Labute approximate surface area is 81.6 Å². The van der Waals surface area contributed by atoms with E-state index in [0.29, 0.717) is 5.56 Å². The molecule has 0 radical (unpaired) electrons. The standard InChI is InChI=1S/C10H11NO3/c1-8(12)5-6-9-3-2-4-10(7-9)11(13)14/h2-8,12H,1H3. The Morgan fingerprint density at radius 3 is 2.86 bits per heavy atom. The van der Waals surface area contributed by atoms with Gasteiger partial charge in [-0.25, -0.2) is 0 Å². The number of benzene rings is 1. The summed E-state index contributed by atoms with van der Waals surface area (Å²) in [5, 5.41) is 19.4. The molecule has 1 aromatic carbocycles. The van der Waals surface area contributed by atoms with Gasteiger partial charge in [0.2, 0.25) is 0 Å². The number of rotatable bonds is 3. The van der Waals surface area contributed by atoms with E-state index in [9.17, 15) is 10.1 Å². The summed E-state index contributed by atoms with van der Waals surface area (Å²) in [6, 6.07) is 6.24. The van der Waals surface area contributed by atoms with Crippen molar-refractivity contribution in [2.24, 2.45) is 0 Å². The highest BCUT2D eigenvalue weighted by Crippen LogP contribution is 2.14. The lowest BCUT2D eigenvalue weighted by molar-refractivity contribution is -0.384. The average molecular weight is 193 g/mol. The van der Waals surface area contributed by atoms with Crippen molar-refractivity contribution >= 4 is 11.8 Å². The second-order valence-electron chi connectivity index (χ2n) is 2.95. The van der Waals surface area contributed by atoms with Gasteiger partial charge in [0.05, 0.1) is 11.0 Å². The first kappa shape index (κ1) is 10.4. The summed E-state index contributed by atoms with van der Waals surface area (Å²) in [6.07, 6.45) is 2.67.